The topological polar surface area (TPSA) is 28.2 Å². The van der Waals surface area contributed by atoms with E-state index in [-0.39, 0.29) is 0 Å². The van der Waals surface area contributed by atoms with Crippen molar-refractivity contribution in [2.75, 3.05) is 11.4 Å². The lowest BCUT2D eigenvalue weighted by Crippen LogP contribution is -2.41. The third-order valence-corrected chi connectivity index (χ3v) is 5.41. The summed E-state index contributed by atoms with van der Waals surface area (Å²) in [5.74, 6) is 1.28. The van der Waals surface area contributed by atoms with Gasteiger partial charge in [-0.15, -0.1) is 11.3 Å². The van der Waals surface area contributed by atoms with Gasteiger partial charge in [0.2, 0.25) is 0 Å². The molecule has 1 aromatic heterocycles. The van der Waals surface area contributed by atoms with Crippen molar-refractivity contribution in [3.8, 4) is 0 Å². The minimum absolute atomic E-state index is 0.497. The highest BCUT2D eigenvalue weighted by Gasteiger charge is 2.26. The van der Waals surface area contributed by atoms with Crippen LogP contribution in [0.15, 0.2) is 0 Å². The normalized spacial score (nSPS) is 23.3. The second-order valence-corrected chi connectivity index (χ2v) is 8.24. The highest BCUT2D eigenvalue weighted by molar-refractivity contribution is 7.15. The zero-order chi connectivity index (χ0) is 15.6. The van der Waals surface area contributed by atoms with Gasteiger partial charge in [-0.05, 0) is 31.6 Å². The Labute approximate surface area is 134 Å². The summed E-state index contributed by atoms with van der Waals surface area (Å²) in [4.78, 5) is 8.95. The van der Waals surface area contributed by atoms with Crippen LogP contribution in [-0.4, -0.2) is 23.6 Å². The molecule has 0 aliphatic carbocycles. The SMILES string of the molecule is CC1CCC(C)N(c2nc(C(C)C)c(CNC(C)C)s2)C1. The average Bonchev–Trinajstić information content (AvgIpc) is 2.83. The summed E-state index contributed by atoms with van der Waals surface area (Å²) in [6.07, 6.45) is 2.64. The Morgan fingerprint density at radius 2 is 1.95 bits per heavy atom. The van der Waals surface area contributed by atoms with Gasteiger partial charge in [-0.2, -0.15) is 0 Å². The van der Waals surface area contributed by atoms with Crippen molar-refractivity contribution < 1.29 is 0 Å². The smallest absolute Gasteiger partial charge is 0.186 e. The number of nitrogens with one attached hydrogen (secondary N) is 1. The lowest BCUT2D eigenvalue weighted by molar-refractivity contribution is 0.390. The number of piperidine rings is 1. The molecule has 4 heteroatoms. The molecule has 3 nitrogen and oxygen atoms in total. The number of nitrogens with zero attached hydrogens (tertiary/aromatic N) is 2. The molecule has 0 amide bonds. The molecule has 1 aliphatic rings. The Bertz CT molecular complexity index is 453. The van der Waals surface area contributed by atoms with Crippen LogP contribution in [0.2, 0.25) is 0 Å². The summed E-state index contributed by atoms with van der Waals surface area (Å²) in [5.41, 5.74) is 1.29. The van der Waals surface area contributed by atoms with Gasteiger partial charge in [0.05, 0.1) is 5.69 Å². The zero-order valence-corrected chi connectivity index (χ0v) is 15.3. The third kappa shape index (κ3) is 4.19. The Morgan fingerprint density at radius 3 is 2.57 bits per heavy atom. The highest BCUT2D eigenvalue weighted by atomic mass is 32.1. The van der Waals surface area contributed by atoms with Gasteiger partial charge in [-0.25, -0.2) is 4.98 Å². The number of rotatable bonds is 5. The number of hydrogen-bond donors (Lipinski definition) is 1. The molecule has 120 valence electrons. The van der Waals surface area contributed by atoms with Crippen LogP contribution in [0.3, 0.4) is 0 Å². The molecule has 1 aliphatic heterocycles. The second-order valence-electron chi connectivity index (χ2n) is 7.18. The summed E-state index contributed by atoms with van der Waals surface area (Å²) in [7, 11) is 0. The molecule has 2 atom stereocenters. The molecule has 1 aromatic rings. The van der Waals surface area contributed by atoms with Crippen molar-refractivity contribution in [1.29, 1.82) is 0 Å². The average molecular weight is 310 g/mol. The lowest BCUT2D eigenvalue weighted by Gasteiger charge is -2.36. The van der Waals surface area contributed by atoms with Crippen molar-refractivity contribution in [2.45, 2.75) is 78.9 Å². The maximum Gasteiger partial charge on any atom is 0.186 e. The summed E-state index contributed by atoms with van der Waals surface area (Å²) in [6.45, 7) is 15.7. The van der Waals surface area contributed by atoms with Crippen LogP contribution in [-0.2, 0) is 6.54 Å². The molecule has 2 unspecified atom stereocenters. The first-order valence-electron chi connectivity index (χ1n) is 8.38. The van der Waals surface area contributed by atoms with Crippen molar-refractivity contribution in [3.05, 3.63) is 10.6 Å². The van der Waals surface area contributed by atoms with E-state index in [1.807, 2.05) is 11.3 Å². The van der Waals surface area contributed by atoms with Crippen LogP contribution >= 0.6 is 11.3 Å². The van der Waals surface area contributed by atoms with Gasteiger partial charge in [0.1, 0.15) is 0 Å². The molecule has 2 rings (SSSR count). The zero-order valence-electron chi connectivity index (χ0n) is 14.4. The fourth-order valence-electron chi connectivity index (χ4n) is 2.90. The van der Waals surface area contributed by atoms with Crippen molar-refractivity contribution in [3.63, 3.8) is 0 Å². The fourth-order valence-corrected chi connectivity index (χ4v) is 4.18. The first kappa shape index (κ1) is 16.8. The summed E-state index contributed by atoms with van der Waals surface area (Å²) in [6, 6.07) is 1.14. The van der Waals surface area contributed by atoms with Crippen LogP contribution in [0.1, 0.15) is 70.9 Å². The first-order chi connectivity index (χ1) is 9.88. The first-order valence-corrected chi connectivity index (χ1v) is 9.19. The Morgan fingerprint density at radius 1 is 1.24 bits per heavy atom. The fraction of sp³-hybridized carbons (Fsp3) is 0.824. The van der Waals surface area contributed by atoms with E-state index < -0.39 is 0 Å². The maximum absolute atomic E-state index is 5.00. The van der Waals surface area contributed by atoms with Crippen LogP contribution < -0.4 is 10.2 Å². The number of aromatic nitrogens is 1. The van der Waals surface area contributed by atoms with E-state index in [0.29, 0.717) is 18.0 Å². The molecular weight excluding hydrogens is 278 g/mol. The third-order valence-electron chi connectivity index (χ3n) is 4.30. The van der Waals surface area contributed by atoms with Gasteiger partial charge in [0, 0.05) is 30.1 Å². The van der Waals surface area contributed by atoms with Gasteiger partial charge in [0.15, 0.2) is 5.13 Å². The van der Waals surface area contributed by atoms with E-state index in [9.17, 15) is 0 Å². The van der Waals surface area contributed by atoms with Gasteiger partial charge in [-0.1, -0.05) is 34.6 Å². The molecule has 21 heavy (non-hydrogen) atoms. The Kier molecular flexibility index (Phi) is 5.67. The van der Waals surface area contributed by atoms with Gasteiger partial charge in [0.25, 0.3) is 0 Å². The van der Waals surface area contributed by atoms with Gasteiger partial charge >= 0.3 is 0 Å². The van der Waals surface area contributed by atoms with E-state index in [1.165, 1.54) is 28.5 Å². The summed E-state index contributed by atoms with van der Waals surface area (Å²) < 4.78 is 0. The minimum Gasteiger partial charge on any atom is -0.345 e. The van der Waals surface area contributed by atoms with Crippen molar-refractivity contribution in [2.24, 2.45) is 5.92 Å². The largest absolute Gasteiger partial charge is 0.345 e. The molecular formula is C17H31N3S. The Hall–Kier alpha value is -0.610. The molecule has 1 fully saturated rings. The van der Waals surface area contributed by atoms with Gasteiger partial charge in [-0.3, -0.25) is 0 Å². The molecule has 1 saturated heterocycles. The standard InChI is InChI=1S/C17H31N3S/c1-11(2)16-15(9-18-12(3)4)21-17(19-16)20-10-13(5)7-8-14(20)6/h11-14,18H,7-10H2,1-6H3. The predicted octanol–water partition coefficient (Wildman–Crippen LogP) is 4.39. The Balaban J connectivity index is 2.21. The molecule has 0 spiro atoms. The van der Waals surface area contributed by atoms with Crippen molar-refractivity contribution >= 4 is 16.5 Å². The van der Waals surface area contributed by atoms with E-state index in [0.717, 1.165) is 19.0 Å². The molecule has 0 radical (unpaired) electrons. The predicted molar refractivity (Wildman–Crippen MR) is 93.4 cm³/mol. The van der Waals surface area contributed by atoms with Crippen molar-refractivity contribution in [1.82, 2.24) is 10.3 Å². The van der Waals surface area contributed by atoms with Crippen LogP contribution in [0.5, 0.6) is 0 Å². The number of thiazole rings is 1. The summed E-state index contributed by atoms with van der Waals surface area (Å²) >= 11 is 1.89. The van der Waals surface area contributed by atoms with E-state index in [1.54, 1.807) is 0 Å². The molecule has 2 heterocycles. The van der Waals surface area contributed by atoms with Gasteiger partial charge < -0.3 is 10.2 Å². The van der Waals surface area contributed by atoms with E-state index in [4.69, 9.17) is 4.98 Å². The molecule has 0 saturated carbocycles. The summed E-state index contributed by atoms with van der Waals surface area (Å²) in [5, 5.41) is 4.78. The maximum atomic E-state index is 5.00. The number of anilines is 1. The van der Waals surface area contributed by atoms with E-state index in [2.05, 4.69) is 51.8 Å². The number of hydrogen-bond acceptors (Lipinski definition) is 4. The second kappa shape index (κ2) is 7.10. The molecule has 0 bridgehead atoms. The highest BCUT2D eigenvalue weighted by Crippen LogP contribution is 2.35. The van der Waals surface area contributed by atoms with Crippen LogP contribution in [0.4, 0.5) is 5.13 Å². The molecule has 0 aromatic carbocycles. The monoisotopic (exact) mass is 309 g/mol. The van der Waals surface area contributed by atoms with Crippen LogP contribution in [0, 0.1) is 5.92 Å². The van der Waals surface area contributed by atoms with Crippen LogP contribution in [0.25, 0.3) is 0 Å². The minimum atomic E-state index is 0.497. The lowest BCUT2D eigenvalue weighted by atomic mass is 9.96. The molecule has 1 N–H and O–H groups in total. The quantitative estimate of drug-likeness (QED) is 0.874. The van der Waals surface area contributed by atoms with E-state index >= 15 is 0 Å².